The molecule has 1 spiro atoms. The van der Waals surface area contributed by atoms with Gasteiger partial charge in [-0.3, -0.25) is 14.4 Å². The summed E-state index contributed by atoms with van der Waals surface area (Å²) in [6.07, 6.45) is -12.7. The van der Waals surface area contributed by atoms with Crippen molar-refractivity contribution in [3.8, 4) is 0 Å². The number of carbonyl (C=O) groups excluding carboxylic acids is 4. The van der Waals surface area contributed by atoms with Crippen LogP contribution in [-0.2, 0) is 71.3 Å². The van der Waals surface area contributed by atoms with Crippen molar-refractivity contribution in [2.24, 2.45) is 0 Å². The van der Waals surface area contributed by atoms with E-state index in [2.05, 4.69) is 29.8 Å². The predicted octanol–water partition coefficient (Wildman–Crippen LogP) is -0.562. The Balaban J connectivity index is 1.21. The molecule has 6 aliphatic heterocycles. The van der Waals surface area contributed by atoms with Gasteiger partial charge < -0.3 is 145 Å². The van der Waals surface area contributed by atoms with Gasteiger partial charge in [-0.15, -0.1) is 0 Å². The van der Waals surface area contributed by atoms with Crippen LogP contribution in [0.5, 0.6) is 0 Å². The molecule has 28 atom stereocenters. The molecule has 0 aromatic carbocycles. The highest BCUT2D eigenvalue weighted by Crippen LogP contribution is 2.45. The maximum Gasteiger partial charge on any atom is 0.367 e. The first-order chi connectivity index (χ1) is 50.9. The highest BCUT2D eigenvalue weighted by atomic mass is 16.8. The van der Waals surface area contributed by atoms with Crippen LogP contribution < -0.4 is 16.0 Å². The van der Waals surface area contributed by atoms with Crippen molar-refractivity contribution in [1.82, 2.24) is 16.0 Å². The molecule has 3 amide bonds. The van der Waals surface area contributed by atoms with Crippen LogP contribution in [0.4, 0.5) is 0 Å². The molecular formula is C73H129N3O30. The van der Waals surface area contributed by atoms with Crippen molar-refractivity contribution in [1.29, 1.82) is 0 Å². The Bertz CT molecular complexity index is 2520. The van der Waals surface area contributed by atoms with E-state index in [9.17, 15) is 95.8 Å². The molecule has 6 rings (SSSR count). The minimum Gasteiger partial charge on any atom is -0.450 e. The number of rotatable bonds is 49. The van der Waals surface area contributed by atoms with Crippen molar-refractivity contribution >= 4 is 23.7 Å². The maximum atomic E-state index is 14.8. The second-order valence-electron chi connectivity index (χ2n) is 29.4. The predicted molar refractivity (Wildman–Crippen MR) is 375 cm³/mol. The Labute approximate surface area is 622 Å². The molecule has 616 valence electrons. The number of unbranched alkanes of at least 4 members (excludes halogenated alkanes) is 25. The SMILES string of the molecule is CCCCCCCCCCCCC/C=C/[C@@H](O)[C@H](CO[C@@H]1O[C@H](CO)[C@@H](O[C@@H]2O[C@H](CO)[C@H](O[C@@H]3O[C@H](CO)[C@H](O)[C@H](O[C@@H]4O[C@H](CO)[C@H](O)[C@H](O)[C@H]4O)[C@H]3NC(C)=O)[C@@H]3O[C@@]4(C[C@@H](O)[C@H](NC(C)=O)[C@@H]([C@@H](O)[C@@H](O)CO)O4)C(=O)O[C@@H]23)[C@H](O)[C@H]1O)NC(=O)CCCCCCCCCCCCCCCCC. The molecule has 6 heterocycles. The van der Waals surface area contributed by atoms with E-state index >= 15 is 0 Å². The summed E-state index contributed by atoms with van der Waals surface area (Å²) in [7, 11) is 0. The normalized spacial score (nSPS) is 35.3. The first-order valence-electron chi connectivity index (χ1n) is 39.0. The zero-order valence-electron chi connectivity index (χ0n) is 62.3. The lowest BCUT2D eigenvalue weighted by Gasteiger charge is -2.56. The van der Waals surface area contributed by atoms with Gasteiger partial charge in [-0.1, -0.05) is 180 Å². The molecule has 6 fully saturated rings. The van der Waals surface area contributed by atoms with Crippen LogP contribution in [-0.4, -0.2) is 311 Å². The molecule has 0 unspecified atom stereocenters. The number of hydrogen-bond donors (Lipinski definition) is 18. The number of nitrogens with one attached hydrogen (secondary N) is 3. The van der Waals surface area contributed by atoms with E-state index in [1.165, 1.54) is 109 Å². The second kappa shape index (κ2) is 47.9. The zero-order valence-corrected chi connectivity index (χ0v) is 62.3. The first kappa shape index (κ1) is 91.5. The lowest BCUT2D eigenvalue weighted by molar-refractivity contribution is -0.421. The number of allylic oxidation sites excluding steroid dienone is 1. The smallest absolute Gasteiger partial charge is 0.367 e. The van der Waals surface area contributed by atoms with Gasteiger partial charge in [0.1, 0.15) is 110 Å². The van der Waals surface area contributed by atoms with Gasteiger partial charge in [0.2, 0.25) is 17.7 Å². The third-order valence-corrected chi connectivity index (χ3v) is 20.8. The third kappa shape index (κ3) is 26.9. The number of amides is 3. The molecule has 6 saturated heterocycles. The number of fused-ring (bicyclic) bond motifs is 1. The first-order valence-corrected chi connectivity index (χ1v) is 39.0. The van der Waals surface area contributed by atoms with E-state index in [0.717, 1.165) is 65.2 Å². The Morgan fingerprint density at radius 1 is 0.509 bits per heavy atom. The van der Waals surface area contributed by atoms with E-state index in [1.807, 2.05) is 6.08 Å². The maximum absolute atomic E-state index is 14.8. The Kier molecular flexibility index (Phi) is 41.3. The summed E-state index contributed by atoms with van der Waals surface area (Å²) < 4.78 is 67.4. The summed E-state index contributed by atoms with van der Waals surface area (Å²) in [5.74, 6) is -6.43. The van der Waals surface area contributed by atoms with Crippen molar-refractivity contribution in [2.45, 2.75) is 385 Å². The molecule has 33 heteroatoms. The van der Waals surface area contributed by atoms with Gasteiger partial charge in [0.15, 0.2) is 31.3 Å². The molecule has 106 heavy (non-hydrogen) atoms. The number of aliphatic hydroxyl groups is 15. The van der Waals surface area contributed by atoms with E-state index in [0.29, 0.717) is 12.8 Å². The van der Waals surface area contributed by atoms with Gasteiger partial charge in [0, 0.05) is 26.7 Å². The molecule has 0 bridgehead atoms. The average Bonchev–Trinajstić information content (AvgIpc) is 0.724. The average molecular weight is 1530 g/mol. The van der Waals surface area contributed by atoms with Gasteiger partial charge in [-0.2, -0.15) is 0 Å². The molecule has 0 aliphatic carbocycles. The fourth-order valence-electron chi connectivity index (χ4n) is 14.6. The molecule has 0 aromatic heterocycles. The lowest BCUT2D eigenvalue weighted by Crippen LogP contribution is -2.75. The van der Waals surface area contributed by atoms with Crippen molar-refractivity contribution in [3.05, 3.63) is 12.2 Å². The third-order valence-electron chi connectivity index (χ3n) is 20.8. The number of ether oxygens (including phenoxy) is 11. The summed E-state index contributed by atoms with van der Waals surface area (Å²) in [6.45, 7) is 0.876. The van der Waals surface area contributed by atoms with Gasteiger partial charge in [0.05, 0.1) is 63.9 Å². The number of aliphatic hydroxyl groups excluding tert-OH is 15. The monoisotopic (exact) mass is 1530 g/mol. The largest absolute Gasteiger partial charge is 0.450 e. The summed E-state index contributed by atoms with van der Waals surface area (Å²) >= 11 is 0. The van der Waals surface area contributed by atoms with Crippen molar-refractivity contribution < 1.29 is 148 Å². The molecular weight excluding hydrogens is 1400 g/mol. The number of carbonyl (C=O) groups is 4. The van der Waals surface area contributed by atoms with E-state index in [1.54, 1.807) is 6.08 Å². The fraction of sp³-hybridized carbons (Fsp3) is 0.918. The van der Waals surface area contributed by atoms with Crippen LogP contribution >= 0.6 is 0 Å². The minimum atomic E-state index is -2.91. The zero-order chi connectivity index (χ0) is 77.5. The van der Waals surface area contributed by atoms with Crippen LogP contribution in [0.2, 0.25) is 0 Å². The van der Waals surface area contributed by atoms with Crippen LogP contribution in [0, 0.1) is 0 Å². The topological polar surface area (TPSA) is 509 Å². The lowest BCUT2D eigenvalue weighted by atomic mass is 9.87. The molecule has 33 nitrogen and oxygen atoms in total. The molecule has 0 saturated carbocycles. The van der Waals surface area contributed by atoms with Crippen molar-refractivity contribution in [3.63, 3.8) is 0 Å². The summed E-state index contributed by atoms with van der Waals surface area (Å²) in [6, 6.07) is -4.52. The van der Waals surface area contributed by atoms with Crippen LogP contribution in [0.15, 0.2) is 12.2 Å². The van der Waals surface area contributed by atoms with Crippen LogP contribution in [0.25, 0.3) is 0 Å². The van der Waals surface area contributed by atoms with Crippen molar-refractivity contribution in [2.75, 3.05) is 39.6 Å². The Morgan fingerprint density at radius 3 is 1.51 bits per heavy atom. The van der Waals surface area contributed by atoms with Crippen LogP contribution in [0.3, 0.4) is 0 Å². The van der Waals surface area contributed by atoms with E-state index < -0.39 is 235 Å². The van der Waals surface area contributed by atoms with Gasteiger partial charge in [-0.05, 0) is 19.3 Å². The highest BCUT2D eigenvalue weighted by molar-refractivity contribution is 5.80. The van der Waals surface area contributed by atoms with E-state index in [4.69, 9.17) is 52.1 Å². The number of hydrogen-bond acceptors (Lipinski definition) is 30. The van der Waals surface area contributed by atoms with Crippen LogP contribution in [0.1, 0.15) is 214 Å². The number of esters is 1. The minimum absolute atomic E-state index is 0.157. The molecule has 18 N–H and O–H groups in total. The summed E-state index contributed by atoms with van der Waals surface area (Å²) in [4.78, 5) is 54.0. The van der Waals surface area contributed by atoms with Gasteiger partial charge in [0.25, 0.3) is 5.79 Å². The molecule has 0 radical (unpaired) electrons. The quantitative estimate of drug-likeness (QED) is 0.0206. The Morgan fingerprint density at radius 2 is 0.972 bits per heavy atom. The standard InChI is InChI=1S/C73H129N3O30/c1-5-7-9-11-13-15-17-19-20-22-24-26-28-30-32-34-52(87)76-44(45(84)33-31-29-27-25-23-21-18-16-14-12-10-8-6-2)41-96-69-61(94)59(92)62(50(39-80)99-69)101-71-67-66(106-73(72(95)104-67)35-46(85)53(74-42(3)82)65(105-73)55(88)47(86)36-77)63(51(40-81)100-71)102-68-54(75-43(4)83)64(57(90)49(38-79)97-68)103-70-60(93)58(91)56(89)48(37-78)98-70/h31,33,44-51,53-71,77-81,84-86,88-94H,5-30,32,34-41H2,1-4H3,(H,74,82)(H,75,83)(H,76,87)/b33-31+/t44-,45+,46+,47-,48+,49+,50+,51+,53-,54+,55-,56-,57-,58-,59+,60+,61+,62+,63-,64+,65-,66-,67+,68-,69+,70-,71-,73-/m0/s1. The van der Waals surface area contributed by atoms with Gasteiger partial charge >= 0.3 is 5.97 Å². The molecule has 6 aliphatic rings. The van der Waals surface area contributed by atoms with E-state index in [-0.39, 0.29) is 12.3 Å². The Hall–Kier alpha value is -3.38. The van der Waals surface area contributed by atoms with Gasteiger partial charge in [-0.25, -0.2) is 4.79 Å². The summed E-state index contributed by atoms with van der Waals surface area (Å²) in [5.41, 5.74) is 0. The molecule has 0 aromatic rings. The fourth-order valence-corrected chi connectivity index (χ4v) is 14.6. The highest BCUT2D eigenvalue weighted by Gasteiger charge is 2.66. The summed E-state index contributed by atoms with van der Waals surface area (Å²) in [5, 5.41) is 174. The second-order valence-corrected chi connectivity index (χ2v) is 29.4.